The molecule has 0 aromatic carbocycles. The van der Waals surface area contributed by atoms with E-state index in [2.05, 4.69) is 4.74 Å². The minimum Gasteiger partial charge on any atom is -0.467 e. The molecule has 1 aliphatic rings. The Bertz CT molecular complexity index is 570. The van der Waals surface area contributed by atoms with E-state index in [-0.39, 0.29) is 23.9 Å². The van der Waals surface area contributed by atoms with E-state index in [1.54, 1.807) is 0 Å². The number of sulfonamides is 1. The Morgan fingerprint density at radius 2 is 2.32 bits per heavy atom. The normalized spacial score (nSPS) is 21.3. The molecule has 1 saturated heterocycles. The number of morpholine rings is 1. The number of hydrogen-bond acceptors (Lipinski definition) is 6. The molecule has 2 heterocycles. The van der Waals surface area contributed by atoms with Gasteiger partial charge in [-0.1, -0.05) is 11.6 Å². The summed E-state index contributed by atoms with van der Waals surface area (Å²) < 4.78 is 36.2. The van der Waals surface area contributed by atoms with Gasteiger partial charge in [-0.3, -0.25) is 0 Å². The van der Waals surface area contributed by atoms with Gasteiger partial charge >= 0.3 is 5.97 Å². The summed E-state index contributed by atoms with van der Waals surface area (Å²) in [4.78, 5) is 11.4. The Morgan fingerprint density at radius 1 is 1.58 bits per heavy atom. The first-order valence-electron chi connectivity index (χ1n) is 5.40. The molecule has 1 aromatic heterocycles. The highest BCUT2D eigenvalue weighted by Gasteiger charge is 2.35. The lowest BCUT2D eigenvalue weighted by Crippen LogP contribution is -2.48. The van der Waals surface area contributed by atoms with Gasteiger partial charge in [0.2, 0.25) is 0 Å². The zero-order valence-electron chi connectivity index (χ0n) is 10.0. The second kappa shape index (κ2) is 5.76. The van der Waals surface area contributed by atoms with Gasteiger partial charge in [0, 0.05) is 6.54 Å². The van der Waals surface area contributed by atoms with Gasteiger partial charge in [-0.05, 0) is 12.1 Å². The average Bonchev–Trinajstić information content (AvgIpc) is 2.85. The number of ether oxygens (including phenoxy) is 2. The SMILES string of the molecule is COC(=O)C1CN(S(=O)(=O)c2ccc(Cl)s2)CCO1. The number of methoxy groups -OCH3 is 1. The first-order valence-corrected chi connectivity index (χ1v) is 8.03. The van der Waals surface area contributed by atoms with Crippen molar-refractivity contribution in [1.29, 1.82) is 0 Å². The van der Waals surface area contributed by atoms with Crippen molar-refractivity contribution in [2.24, 2.45) is 0 Å². The highest BCUT2D eigenvalue weighted by Crippen LogP contribution is 2.29. The first kappa shape index (κ1) is 14.7. The van der Waals surface area contributed by atoms with Gasteiger partial charge in [0.1, 0.15) is 4.21 Å². The molecule has 1 unspecified atom stereocenters. The van der Waals surface area contributed by atoms with Crippen molar-refractivity contribution < 1.29 is 22.7 Å². The molecule has 106 valence electrons. The molecule has 0 amide bonds. The maximum absolute atomic E-state index is 12.3. The fourth-order valence-electron chi connectivity index (χ4n) is 1.68. The monoisotopic (exact) mass is 325 g/mol. The van der Waals surface area contributed by atoms with Crippen LogP contribution in [0.3, 0.4) is 0 Å². The molecule has 0 bridgehead atoms. The molecule has 1 aromatic rings. The standard InChI is InChI=1S/C10H12ClNO5S2/c1-16-10(13)7-6-12(4-5-17-7)19(14,15)9-3-2-8(11)18-9/h2-3,7H,4-6H2,1H3. The Kier molecular flexibility index (Phi) is 4.46. The van der Waals surface area contributed by atoms with Crippen molar-refractivity contribution in [2.75, 3.05) is 26.8 Å². The number of rotatable bonds is 3. The largest absolute Gasteiger partial charge is 0.467 e. The van der Waals surface area contributed by atoms with Crippen LogP contribution in [0.1, 0.15) is 0 Å². The predicted octanol–water partition coefficient (Wildman–Crippen LogP) is 0.964. The van der Waals surface area contributed by atoms with Crippen molar-refractivity contribution in [3.63, 3.8) is 0 Å². The van der Waals surface area contributed by atoms with Gasteiger partial charge in [0.15, 0.2) is 6.10 Å². The van der Waals surface area contributed by atoms with Crippen molar-refractivity contribution in [2.45, 2.75) is 10.3 Å². The zero-order valence-corrected chi connectivity index (χ0v) is 12.4. The van der Waals surface area contributed by atoms with Crippen LogP contribution in [0.4, 0.5) is 0 Å². The molecule has 2 rings (SSSR count). The number of thiophene rings is 1. The average molecular weight is 326 g/mol. The lowest BCUT2D eigenvalue weighted by Gasteiger charge is -2.30. The molecule has 0 saturated carbocycles. The maximum Gasteiger partial charge on any atom is 0.336 e. The minimum atomic E-state index is -3.64. The van der Waals surface area contributed by atoms with Crippen LogP contribution >= 0.6 is 22.9 Å². The fourth-order valence-corrected chi connectivity index (χ4v) is 4.74. The molecular formula is C10H12ClNO5S2. The fraction of sp³-hybridized carbons (Fsp3) is 0.500. The van der Waals surface area contributed by atoms with Crippen molar-refractivity contribution in [3.05, 3.63) is 16.5 Å². The molecule has 19 heavy (non-hydrogen) atoms. The van der Waals surface area contributed by atoms with E-state index in [1.807, 2.05) is 0 Å². The van der Waals surface area contributed by atoms with Gasteiger partial charge in [-0.15, -0.1) is 11.3 Å². The third-order valence-corrected chi connectivity index (χ3v) is 6.20. The van der Waals surface area contributed by atoms with Crippen LogP contribution in [-0.2, 0) is 24.3 Å². The lowest BCUT2D eigenvalue weighted by molar-refractivity contribution is -0.157. The smallest absolute Gasteiger partial charge is 0.336 e. The van der Waals surface area contributed by atoms with E-state index in [4.69, 9.17) is 16.3 Å². The lowest BCUT2D eigenvalue weighted by atomic mass is 10.3. The van der Waals surface area contributed by atoms with Gasteiger partial charge in [0.05, 0.1) is 24.6 Å². The van der Waals surface area contributed by atoms with E-state index in [9.17, 15) is 13.2 Å². The topological polar surface area (TPSA) is 72.9 Å². The van der Waals surface area contributed by atoms with Crippen molar-refractivity contribution in [3.8, 4) is 0 Å². The summed E-state index contributed by atoms with van der Waals surface area (Å²) in [7, 11) is -2.40. The summed E-state index contributed by atoms with van der Waals surface area (Å²) in [6.45, 7) is 0.300. The van der Waals surface area contributed by atoms with Crippen molar-refractivity contribution >= 4 is 38.9 Å². The second-order valence-electron chi connectivity index (χ2n) is 3.80. The zero-order chi connectivity index (χ0) is 14.0. The minimum absolute atomic E-state index is 0.0511. The Morgan fingerprint density at radius 3 is 2.89 bits per heavy atom. The number of hydrogen-bond donors (Lipinski definition) is 0. The van der Waals surface area contributed by atoms with E-state index in [0.717, 1.165) is 11.3 Å². The van der Waals surface area contributed by atoms with E-state index in [0.29, 0.717) is 4.34 Å². The van der Waals surface area contributed by atoms with Crippen molar-refractivity contribution in [1.82, 2.24) is 4.31 Å². The summed E-state index contributed by atoms with van der Waals surface area (Å²) >= 11 is 6.73. The van der Waals surface area contributed by atoms with Gasteiger partial charge in [0.25, 0.3) is 10.0 Å². The van der Waals surface area contributed by atoms with Gasteiger partial charge in [-0.25, -0.2) is 13.2 Å². The third kappa shape index (κ3) is 3.09. The first-order chi connectivity index (χ1) is 8.95. The van der Waals surface area contributed by atoms with Gasteiger partial charge in [-0.2, -0.15) is 4.31 Å². The van der Waals surface area contributed by atoms with Gasteiger partial charge < -0.3 is 9.47 Å². The molecule has 0 spiro atoms. The number of carbonyl (C=O) groups is 1. The molecule has 0 N–H and O–H groups in total. The Balaban J connectivity index is 2.19. The third-order valence-electron chi connectivity index (χ3n) is 2.64. The molecule has 0 radical (unpaired) electrons. The van der Waals surface area contributed by atoms with Crippen LogP contribution in [0, 0.1) is 0 Å². The maximum atomic E-state index is 12.3. The van der Waals surface area contributed by atoms with E-state index >= 15 is 0 Å². The summed E-state index contributed by atoms with van der Waals surface area (Å²) in [6.07, 6.45) is -0.885. The number of halogens is 1. The van der Waals surface area contributed by atoms with E-state index in [1.165, 1.54) is 23.5 Å². The molecule has 6 nitrogen and oxygen atoms in total. The molecule has 0 aliphatic carbocycles. The van der Waals surface area contributed by atoms with Crippen LogP contribution in [0.5, 0.6) is 0 Å². The number of carbonyl (C=O) groups excluding carboxylic acids is 1. The molecule has 9 heteroatoms. The molecule has 1 atom stereocenters. The summed E-state index contributed by atoms with van der Waals surface area (Å²) in [5.74, 6) is -0.580. The molecule has 1 aliphatic heterocycles. The quantitative estimate of drug-likeness (QED) is 0.774. The summed E-state index contributed by atoms with van der Waals surface area (Å²) in [5, 5.41) is 0. The Labute approximate surface area is 119 Å². The number of nitrogens with zero attached hydrogens (tertiary/aromatic N) is 1. The van der Waals surface area contributed by atoms with Crippen LogP contribution in [0.2, 0.25) is 4.34 Å². The second-order valence-corrected chi connectivity index (χ2v) is 7.68. The molecular weight excluding hydrogens is 314 g/mol. The molecule has 1 fully saturated rings. The summed E-state index contributed by atoms with van der Waals surface area (Å²) in [6, 6.07) is 2.97. The van der Waals surface area contributed by atoms with Crippen LogP contribution in [0.15, 0.2) is 16.3 Å². The highest BCUT2D eigenvalue weighted by atomic mass is 35.5. The van der Waals surface area contributed by atoms with Crippen LogP contribution in [-0.4, -0.2) is 51.6 Å². The predicted molar refractivity (Wildman–Crippen MR) is 69.8 cm³/mol. The summed E-state index contributed by atoms with van der Waals surface area (Å²) in [5.41, 5.74) is 0. The highest BCUT2D eigenvalue weighted by molar-refractivity contribution is 7.91. The van der Waals surface area contributed by atoms with E-state index < -0.39 is 22.1 Å². The van der Waals surface area contributed by atoms with Crippen LogP contribution in [0.25, 0.3) is 0 Å². The van der Waals surface area contributed by atoms with Crippen LogP contribution < -0.4 is 0 Å². The number of esters is 1. The Hall–Kier alpha value is -0.670.